The van der Waals surface area contributed by atoms with E-state index in [4.69, 9.17) is 0 Å². The number of likely N-dealkylation sites (tertiary alicyclic amines) is 1. The van der Waals surface area contributed by atoms with E-state index in [1.54, 1.807) is 0 Å². The molecule has 1 aliphatic heterocycles. The summed E-state index contributed by atoms with van der Waals surface area (Å²) in [5.41, 5.74) is 0. The van der Waals surface area contributed by atoms with Crippen LogP contribution >= 0.6 is 0 Å². The molecule has 1 fully saturated rings. The molecular weight excluding hydrogens is 162 g/mol. The number of carbonyl (C=O) groups is 1. The molecule has 0 aromatic carbocycles. The summed E-state index contributed by atoms with van der Waals surface area (Å²) < 4.78 is 0. The average Bonchev–Trinajstić information content (AvgIpc) is 2.03. The molecule has 13 heavy (non-hydrogen) atoms. The van der Waals surface area contributed by atoms with Gasteiger partial charge in [-0.05, 0) is 19.8 Å². The summed E-state index contributed by atoms with van der Waals surface area (Å²) in [5, 5.41) is 0. The van der Waals surface area contributed by atoms with Gasteiger partial charge in [0.1, 0.15) is 5.78 Å². The molecule has 2 nitrogen and oxygen atoms in total. The first-order valence-corrected chi connectivity index (χ1v) is 5.29. The minimum atomic E-state index is 0.430. The molecule has 2 heteroatoms. The van der Waals surface area contributed by atoms with Crippen LogP contribution in [0.1, 0.15) is 40.5 Å². The number of piperidine rings is 1. The van der Waals surface area contributed by atoms with Crippen LogP contribution in [0.2, 0.25) is 0 Å². The number of rotatable bonds is 2. The zero-order chi connectivity index (χ0) is 10.0. The Kier molecular flexibility index (Phi) is 3.48. The van der Waals surface area contributed by atoms with Gasteiger partial charge in [0.2, 0.25) is 0 Å². The average molecular weight is 183 g/mol. The fourth-order valence-electron chi connectivity index (χ4n) is 2.01. The Bertz CT molecular complexity index is 189. The summed E-state index contributed by atoms with van der Waals surface area (Å²) in [4.78, 5) is 13.6. The molecule has 0 bridgehead atoms. The summed E-state index contributed by atoms with van der Waals surface area (Å²) in [6.45, 7) is 9.87. The van der Waals surface area contributed by atoms with Crippen LogP contribution in [0, 0.1) is 5.92 Å². The molecule has 0 aromatic rings. The van der Waals surface area contributed by atoms with Gasteiger partial charge in [0, 0.05) is 31.5 Å². The maximum absolute atomic E-state index is 11.2. The van der Waals surface area contributed by atoms with E-state index in [0.717, 1.165) is 19.4 Å². The Morgan fingerprint density at radius 1 is 1.38 bits per heavy atom. The van der Waals surface area contributed by atoms with Gasteiger partial charge in [0.15, 0.2) is 0 Å². The Labute approximate surface area is 81.3 Å². The lowest BCUT2D eigenvalue weighted by Gasteiger charge is -2.39. The van der Waals surface area contributed by atoms with Gasteiger partial charge in [-0.2, -0.15) is 0 Å². The molecule has 0 amide bonds. The van der Waals surface area contributed by atoms with Crippen LogP contribution < -0.4 is 0 Å². The van der Waals surface area contributed by atoms with E-state index >= 15 is 0 Å². The van der Waals surface area contributed by atoms with Crippen LogP contribution in [0.15, 0.2) is 0 Å². The molecular formula is C11H21NO. The van der Waals surface area contributed by atoms with Crippen molar-refractivity contribution in [3.8, 4) is 0 Å². The smallest absolute Gasteiger partial charge is 0.135 e. The van der Waals surface area contributed by atoms with Crippen LogP contribution in [0.25, 0.3) is 0 Å². The lowest BCUT2D eigenvalue weighted by molar-refractivity contribution is -0.123. The quantitative estimate of drug-likeness (QED) is 0.653. The van der Waals surface area contributed by atoms with Crippen LogP contribution in [0.4, 0.5) is 0 Å². The second kappa shape index (κ2) is 4.23. The number of ketones is 1. The van der Waals surface area contributed by atoms with E-state index < -0.39 is 0 Å². The van der Waals surface area contributed by atoms with Gasteiger partial charge in [-0.1, -0.05) is 13.8 Å². The Morgan fingerprint density at radius 2 is 2.00 bits per heavy atom. The van der Waals surface area contributed by atoms with Crippen LogP contribution in [0.3, 0.4) is 0 Å². The molecule has 1 aliphatic rings. The molecule has 0 saturated carbocycles. The molecule has 0 radical (unpaired) electrons. The highest BCUT2D eigenvalue weighted by Gasteiger charge is 2.28. The van der Waals surface area contributed by atoms with E-state index in [-0.39, 0.29) is 0 Å². The highest BCUT2D eigenvalue weighted by molar-refractivity contribution is 5.79. The molecule has 0 spiro atoms. The zero-order valence-corrected chi connectivity index (χ0v) is 9.21. The van der Waals surface area contributed by atoms with E-state index in [9.17, 15) is 4.79 Å². The first kappa shape index (κ1) is 10.7. The molecule has 0 aromatic heterocycles. The summed E-state index contributed by atoms with van der Waals surface area (Å²) >= 11 is 0. The number of hydrogen-bond donors (Lipinski definition) is 0. The molecule has 0 N–H and O–H groups in total. The third-order valence-electron chi connectivity index (χ3n) is 3.23. The van der Waals surface area contributed by atoms with Crippen molar-refractivity contribution in [3.63, 3.8) is 0 Å². The fraction of sp³-hybridized carbons (Fsp3) is 0.909. The largest absolute Gasteiger partial charge is 0.300 e. The van der Waals surface area contributed by atoms with Crippen molar-refractivity contribution in [1.29, 1.82) is 0 Å². The van der Waals surface area contributed by atoms with Crippen molar-refractivity contribution in [2.75, 3.05) is 6.54 Å². The van der Waals surface area contributed by atoms with Crippen molar-refractivity contribution in [1.82, 2.24) is 4.90 Å². The predicted molar refractivity (Wildman–Crippen MR) is 54.7 cm³/mol. The monoisotopic (exact) mass is 183 g/mol. The third kappa shape index (κ3) is 2.53. The van der Waals surface area contributed by atoms with Gasteiger partial charge in [-0.25, -0.2) is 0 Å². The van der Waals surface area contributed by atoms with Crippen molar-refractivity contribution in [3.05, 3.63) is 0 Å². The van der Waals surface area contributed by atoms with E-state index in [1.165, 1.54) is 0 Å². The molecule has 1 heterocycles. The highest BCUT2D eigenvalue weighted by atomic mass is 16.1. The van der Waals surface area contributed by atoms with Crippen molar-refractivity contribution in [2.45, 2.75) is 52.6 Å². The minimum absolute atomic E-state index is 0.430. The van der Waals surface area contributed by atoms with Gasteiger partial charge in [-0.3, -0.25) is 9.69 Å². The van der Waals surface area contributed by atoms with Gasteiger partial charge >= 0.3 is 0 Å². The zero-order valence-electron chi connectivity index (χ0n) is 9.21. The van der Waals surface area contributed by atoms with Crippen molar-refractivity contribution >= 4 is 5.78 Å². The number of Topliss-reactive ketones (excluding diaryl/α,β-unsaturated/α-hetero) is 1. The minimum Gasteiger partial charge on any atom is -0.300 e. The highest BCUT2D eigenvalue weighted by Crippen LogP contribution is 2.20. The Morgan fingerprint density at radius 3 is 2.46 bits per heavy atom. The molecule has 76 valence electrons. The van der Waals surface area contributed by atoms with E-state index in [0.29, 0.717) is 23.8 Å². The molecule has 2 atom stereocenters. The third-order valence-corrected chi connectivity index (χ3v) is 3.23. The predicted octanol–water partition coefficient (Wildman–Crippen LogP) is 2.08. The topological polar surface area (TPSA) is 20.3 Å². The number of carbonyl (C=O) groups excluding carboxylic acids is 1. The number of nitrogens with zero attached hydrogens (tertiary/aromatic N) is 1. The SMILES string of the molecule is CC(C)C(C)N1CCC(=O)CC1C. The lowest BCUT2D eigenvalue weighted by atomic mass is 9.96. The lowest BCUT2D eigenvalue weighted by Crippen LogP contribution is -2.47. The van der Waals surface area contributed by atoms with E-state index in [1.807, 2.05) is 0 Å². The van der Waals surface area contributed by atoms with E-state index in [2.05, 4.69) is 32.6 Å². The van der Waals surface area contributed by atoms with Crippen LogP contribution in [-0.2, 0) is 4.79 Å². The molecule has 0 aliphatic carbocycles. The maximum atomic E-state index is 11.2. The first-order valence-electron chi connectivity index (χ1n) is 5.29. The first-order chi connectivity index (χ1) is 6.02. The second-order valence-electron chi connectivity index (χ2n) is 4.56. The summed E-state index contributed by atoms with van der Waals surface area (Å²) in [6.07, 6.45) is 1.50. The fourth-order valence-corrected chi connectivity index (χ4v) is 2.01. The van der Waals surface area contributed by atoms with Crippen molar-refractivity contribution < 1.29 is 4.79 Å². The molecule has 1 saturated heterocycles. The summed E-state index contributed by atoms with van der Waals surface area (Å²) in [6, 6.07) is 1.04. The van der Waals surface area contributed by atoms with Crippen LogP contribution in [-0.4, -0.2) is 29.3 Å². The van der Waals surface area contributed by atoms with Gasteiger partial charge in [0.05, 0.1) is 0 Å². The van der Waals surface area contributed by atoms with Gasteiger partial charge in [0.25, 0.3) is 0 Å². The maximum Gasteiger partial charge on any atom is 0.135 e. The second-order valence-corrected chi connectivity index (χ2v) is 4.56. The summed E-state index contributed by atoms with van der Waals surface area (Å²) in [5.74, 6) is 1.11. The molecule has 2 unspecified atom stereocenters. The Balaban J connectivity index is 2.55. The standard InChI is InChI=1S/C11H21NO/c1-8(2)10(4)12-6-5-11(13)7-9(12)3/h8-10H,5-7H2,1-4H3. The molecule has 1 rings (SSSR count). The normalized spacial score (nSPS) is 28.1. The number of hydrogen-bond acceptors (Lipinski definition) is 2. The Hall–Kier alpha value is -0.370. The summed E-state index contributed by atoms with van der Waals surface area (Å²) in [7, 11) is 0. The van der Waals surface area contributed by atoms with Crippen LogP contribution in [0.5, 0.6) is 0 Å². The van der Waals surface area contributed by atoms with Crippen molar-refractivity contribution in [2.24, 2.45) is 5.92 Å². The van der Waals surface area contributed by atoms with Gasteiger partial charge < -0.3 is 0 Å². The van der Waals surface area contributed by atoms with Gasteiger partial charge in [-0.15, -0.1) is 0 Å².